The van der Waals surface area contributed by atoms with Crippen molar-refractivity contribution >= 4 is 74.6 Å². The molecule has 248 valence electrons. The first-order valence-electron chi connectivity index (χ1n) is 15.6. The van der Waals surface area contributed by atoms with Crippen LogP contribution < -0.4 is 21.0 Å². The zero-order valence-corrected chi connectivity index (χ0v) is 28.9. The Bertz CT molecular complexity index is 2060. The smallest absolute Gasteiger partial charge is 0.272 e. The van der Waals surface area contributed by atoms with Crippen LogP contribution >= 0.6 is 27.7 Å². The molecular formula is C39H30BrN5O4S. The van der Waals surface area contributed by atoms with Gasteiger partial charge in [0.15, 0.2) is 0 Å². The van der Waals surface area contributed by atoms with Crippen molar-refractivity contribution in [2.45, 2.75) is 16.6 Å². The highest BCUT2D eigenvalue weighted by Crippen LogP contribution is 2.36. The minimum atomic E-state index is -0.658. The highest BCUT2D eigenvalue weighted by molar-refractivity contribution is 9.10. The van der Waals surface area contributed by atoms with Crippen molar-refractivity contribution in [3.05, 3.63) is 166 Å². The summed E-state index contributed by atoms with van der Waals surface area (Å²) in [6, 6.07) is 41.4. The van der Waals surface area contributed by atoms with Crippen LogP contribution in [-0.2, 0) is 14.4 Å². The van der Waals surface area contributed by atoms with Crippen LogP contribution in [0.1, 0.15) is 33.2 Å². The number of thioether (sulfide) groups is 1. The standard InChI is InChI=1S/C39H30BrN5O4S/c40-29-18-16-26(17-19-29)24-33(42-37(47)28-12-6-2-7-13-28)38(48)41-30-20-22-32(23-21-30)50-36(27-10-4-1-5-11-27)39(49)43-34-25-35(46)45(44-34)31-14-8-3-9-15-31/h1-24,36H,25H2,(H,41,48)(H,42,47)(H,43,44,49)/b33-24-. The van der Waals surface area contributed by atoms with Gasteiger partial charge >= 0.3 is 0 Å². The van der Waals surface area contributed by atoms with Crippen LogP contribution in [0.5, 0.6) is 0 Å². The summed E-state index contributed by atoms with van der Waals surface area (Å²) in [7, 11) is 0. The van der Waals surface area contributed by atoms with Crippen molar-refractivity contribution in [3.63, 3.8) is 0 Å². The minimum Gasteiger partial charge on any atom is -0.321 e. The van der Waals surface area contributed by atoms with E-state index in [2.05, 4.69) is 37.0 Å². The molecule has 1 unspecified atom stereocenters. The Kier molecular flexibility index (Phi) is 11.0. The lowest BCUT2D eigenvalue weighted by Gasteiger charge is -2.17. The maximum atomic E-state index is 13.7. The van der Waals surface area contributed by atoms with Crippen LogP contribution in [0.3, 0.4) is 0 Å². The van der Waals surface area contributed by atoms with E-state index in [1.54, 1.807) is 66.7 Å². The predicted octanol–water partition coefficient (Wildman–Crippen LogP) is 7.56. The monoisotopic (exact) mass is 743 g/mol. The van der Waals surface area contributed by atoms with Gasteiger partial charge in [0.05, 0.1) is 12.1 Å². The van der Waals surface area contributed by atoms with Crippen molar-refractivity contribution in [2.75, 3.05) is 10.3 Å². The van der Waals surface area contributed by atoms with Crippen molar-refractivity contribution in [3.8, 4) is 0 Å². The summed E-state index contributed by atoms with van der Waals surface area (Å²) < 4.78 is 0.885. The molecule has 5 aromatic carbocycles. The quantitative estimate of drug-likeness (QED) is 0.101. The van der Waals surface area contributed by atoms with Crippen LogP contribution in [0.2, 0.25) is 0 Å². The number of carbonyl (C=O) groups excluding carboxylic acids is 4. The second kappa shape index (κ2) is 16.1. The number of amides is 4. The number of rotatable bonds is 10. The Balaban J connectivity index is 1.16. The summed E-state index contributed by atoms with van der Waals surface area (Å²) in [6.45, 7) is 0. The van der Waals surface area contributed by atoms with E-state index in [-0.39, 0.29) is 29.8 Å². The molecule has 9 nitrogen and oxygen atoms in total. The number of nitrogens with zero attached hydrogens (tertiary/aromatic N) is 2. The van der Waals surface area contributed by atoms with Crippen molar-refractivity contribution < 1.29 is 19.2 Å². The van der Waals surface area contributed by atoms with Gasteiger partial charge in [0, 0.05) is 20.6 Å². The second-order valence-corrected chi connectivity index (χ2v) is 13.2. The number of hydrogen-bond acceptors (Lipinski definition) is 6. The summed E-state index contributed by atoms with van der Waals surface area (Å²) in [5.74, 6) is -1.20. The van der Waals surface area contributed by atoms with E-state index in [1.165, 1.54) is 16.8 Å². The van der Waals surface area contributed by atoms with E-state index in [0.717, 1.165) is 20.5 Å². The molecule has 0 saturated carbocycles. The Labute approximate surface area is 301 Å². The predicted molar refractivity (Wildman–Crippen MR) is 200 cm³/mol. The van der Waals surface area contributed by atoms with Gasteiger partial charge in [-0.15, -0.1) is 11.8 Å². The molecule has 0 radical (unpaired) electrons. The Morgan fingerprint density at radius 3 is 2.04 bits per heavy atom. The van der Waals surface area contributed by atoms with E-state index >= 15 is 0 Å². The Morgan fingerprint density at radius 1 is 0.760 bits per heavy atom. The number of hydrogen-bond donors (Lipinski definition) is 3. The van der Waals surface area contributed by atoms with E-state index < -0.39 is 17.1 Å². The van der Waals surface area contributed by atoms with Gasteiger partial charge in [-0.3, -0.25) is 19.2 Å². The van der Waals surface area contributed by atoms with E-state index in [1.807, 2.05) is 78.9 Å². The number of nitrogens with one attached hydrogen (secondary N) is 3. The Hall–Kier alpha value is -5.78. The maximum absolute atomic E-state index is 13.7. The lowest BCUT2D eigenvalue weighted by atomic mass is 10.1. The van der Waals surface area contributed by atoms with Gasteiger partial charge < -0.3 is 16.0 Å². The average Bonchev–Trinajstić information content (AvgIpc) is 3.52. The van der Waals surface area contributed by atoms with Gasteiger partial charge in [0.25, 0.3) is 17.7 Å². The molecule has 0 spiro atoms. The molecule has 0 bridgehead atoms. The molecule has 50 heavy (non-hydrogen) atoms. The maximum Gasteiger partial charge on any atom is 0.272 e. The molecule has 0 aromatic heterocycles. The SMILES string of the molecule is O=C(Nc1ccc(SC(C(=O)NC2=NN(c3ccccc3)C(=O)C2)c2ccccc2)cc1)/C(=C/c1ccc(Br)cc1)NC(=O)c1ccccc1. The molecule has 0 aliphatic carbocycles. The number of anilines is 2. The van der Waals surface area contributed by atoms with Crippen molar-refractivity contribution in [1.29, 1.82) is 0 Å². The summed E-state index contributed by atoms with van der Waals surface area (Å²) in [5.41, 5.74) is 3.10. The first kappa shape index (κ1) is 34.1. The van der Waals surface area contributed by atoms with Crippen LogP contribution in [-0.4, -0.2) is 29.5 Å². The summed E-state index contributed by atoms with van der Waals surface area (Å²) in [5, 5.41) is 13.5. The fraction of sp³-hybridized carbons (Fsp3) is 0.0513. The largest absolute Gasteiger partial charge is 0.321 e. The van der Waals surface area contributed by atoms with Gasteiger partial charge in [-0.1, -0.05) is 94.8 Å². The van der Waals surface area contributed by atoms with E-state index in [4.69, 9.17) is 0 Å². The number of para-hydroxylation sites is 1. The van der Waals surface area contributed by atoms with Gasteiger partial charge in [-0.05, 0) is 77.9 Å². The minimum absolute atomic E-state index is 0.0226. The summed E-state index contributed by atoms with van der Waals surface area (Å²) in [4.78, 5) is 53.6. The van der Waals surface area contributed by atoms with Gasteiger partial charge in [0.1, 0.15) is 16.8 Å². The molecule has 4 amide bonds. The summed E-state index contributed by atoms with van der Waals surface area (Å²) in [6.07, 6.45) is 1.59. The first-order chi connectivity index (χ1) is 24.3. The van der Waals surface area contributed by atoms with Gasteiger partial charge in [0.2, 0.25) is 5.91 Å². The molecule has 1 heterocycles. The molecule has 3 N–H and O–H groups in total. The van der Waals surface area contributed by atoms with Crippen LogP contribution in [0, 0.1) is 0 Å². The lowest BCUT2D eigenvalue weighted by Crippen LogP contribution is -2.33. The highest BCUT2D eigenvalue weighted by Gasteiger charge is 2.29. The first-order valence-corrected chi connectivity index (χ1v) is 17.2. The number of hydrazone groups is 1. The highest BCUT2D eigenvalue weighted by atomic mass is 79.9. The van der Waals surface area contributed by atoms with Crippen LogP contribution in [0.15, 0.2) is 160 Å². The molecule has 5 aromatic rings. The van der Waals surface area contributed by atoms with Gasteiger partial charge in [-0.25, -0.2) is 0 Å². The average molecular weight is 745 g/mol. The number of benzene rings is 5. The molecule has 6 rings (SSSR count). The van der Waals surface area contributed by atoms with Crippen molar-refractivity contribution in [2.24, 2.45) is 5.10 Å². The normalized spacial score (nSPS) is 13.3. The number of carbonyl (C=O) groups is 4. The second-order valence-electron chi connectivity index (χ2n) is 11.1. The molecule has 1 atom stereocenters. The number of amidine groups is 1. The third-order valence-corrected chi connectivity index (χ3v) is 9.26. The van der Waals surface area contributed by atoms with Gasteiger partial charge in [-0.2, -0.15) is 10.1 Å². The molecule has 1 aliphatic heterocycles. The number of halogens is 1. The Morgan fingerprint density at radius 2 is 1.38 bits per heavy atom. The van der Waals surface area contributed by atoms with Crippen LogP contribution in [0.25, 0.3) is 6.08 Å². The van der Waals surface area contributed by atoms with Crippen LogP contribution in [0.4, 0.5) is 11.4 Å². The zero-order valence-electron chi connectivity index (χ0n) is 26.5. The van der Waals surface area contributed by atoms with E-state index in [9.17, 15) is 19.2 Å². The molecular weight excluding hydrogens is 714 g/mol. The molecule has 1 aliphatic rings. The lowest BCUT2D eigenvalue weighted by molar-refractivity contribution is -0.119. The summed E-state index contributed by atoms with van der Waals surface area (Å²) >= 11 is 4.74. The fourth-order valence-electron chi connectivity index (χ4n) is 5.00. The third kappa shape index (κ3) is 8.81. The molecule has 0 saturated heterocycles. The van der Waals surface area contributed by atoms with Crippen molar-refractivity contribution in [1.82, 2.24) is 10.6 Å². The third-order valence-electron chi connectivity index (χ3n) is 7.46. The molecule has 11 heteroatoms. The fourth-order valence-corrected chi connectivity index (χ4v) is 6.29. The molecule has 0 fully saturated rings. The zero-order chi connectivity index (χ0) is 34.9. The topological polar surface area (TPSA) is 120 Å². The van der Waals surface area contributed by atoms with E-state index in [0.29, 0.717) is 16.9 Å².